The summed E-state index contributed by atoms with van der Waals surface area (Å²) in [5, 5.41) is 3.26. The molecule has 1 aliphatic heterocycles. The van der Waals surface area contributed by atoms with E-state index < -0.39 is 5.92 Å². The van der Waals surface area contributed by atoms with E-state index in [-0.39, 0.29) is 19.1 Å². The van der Waals surface area contributed by atoms with Crippen molar-refractivity contribution in [3.63, 3.8) is 0 Å². The van der Waals surface area contributed by atoms with Gasteiger partial charge in [-0.3, -0.25) is 0 Å². The summed E-state index contributed by atoms with van der Waals surface area (Å²) in [5.41, 5.74) is 0. The maximum atomic E-state index is 12.5. The molecule has 0 aliphatic carbocycles. The number of alkyl halides is 2. The number of ether oxygens (including phenoxy) is 1. The number of hydrogen-bond donors (Lipinski definition) is 1. The van der Waals surface area contributed by atoms with Crippen LogP contribution >= 0.6 is 0 Å². The Hall–Kier alpha value is -0.220. The minimum atomic E-state index is -2.59. The molecule has 0 bridgehead atoms. The molecule has 1 saturated heterocycles. The van der Waals surface area contributed by atoms with Gasteiger partial charge in [0.25, 0.3) is 0 Å². The smallest absolute Gasteiger partial charge is 0.247 e. The highest BCUT2D eigenvalue weighted by molar-refractivity contribution is 4.67. The van der Waals surface area contributed by atoms with Crippen molar-refractivity contribution >= 4 is 0 Å². The van der Waals surface area contributed by atoms with Gasteiger partial charge in [-0.15, -0.1) is 0 Å². The standard InChI is InChI=1S/C10H19F2NO/c1-10(11,12)5-8-14-9-3-2-6-13-7-4-9/h9,13H,2-8H2,1H3. The second kappa shape index (κ2) is 5.61. The molecule has 14 heavy (non-hydrogen) atoms. The van der Waals surface area contributed by atoms with E-state index in [2.05, 4.69) is 5.32 Å². The molecule has 4 heteroatoms. The van der Waals surface area contributed by atoms with Crippen LogP contribution in [0.5, 0.6) is 0 Å². The highest BCUT2D eigenvalue weighted by atomic mass is 19.3. The Balaban J connectivity index is 2.10. The average Bonchev–Trinajstić information content (AvgIpc) is 2.30. The van der Waals surface area contributed by atoms with Crippen LogP contribution in [0.1, 0.15) is 32.6 Å². The van der Waals surface area contributed by atoms with Crippen molar-refractivity contribution in [3.05, 3.63) is 0 Å². The van der Waals surface area contributed by atoms with Crippen LogP contribution in [0.3, 0.4) is 0 Å². The second-order valence-electron chi connectivity index (χ2n) is 3.99. The predicted molar refractivity (Wildman–Crippen MR) is 51.7 cm³/mol. The van der Waals surface area contributed by atoms with Crippen LogP contribution in [0.25, 0.3) is 0 Å². The summed E-state index contributed by atoms with van der Waals surface area (Å²) in [5.74, 6) is -2.59. The lowest BCUT2D eigenvalue weighted by Crippen LogP contribution is -2.20. The van der Waals surface area contributed by atoms with E-state index in [1.165, 1.54) is 0 Å². The van der Waals surface area contributed by atoms with Crippen molar-refractivity contribution in [3.8, 4) is 0 Å². The first kappa shape index (κ1) is 11.9. The Labute approximate surface area is 84.0 Å². The number of halogens is 2. The number of nitrogens with one attached hydrogen (secondary N) is 1. The monoisotopic (exact) mass is 207 g/mol. The van der Waals surface area contributed by atoms with Crippen molar-refractivity contribution in [1.82, 2.24) is 5.32 Å². The molecule has 1 N–H and O–H groups in total. The van der Waals surface area contributed by atoms with Crippen LogP contribution in [0.15, 0.2) is 0 Å². The van der Waals surface area contributed by atoms with Crippen molar-refractivity contribution < 1.29 is 13.5 Å². The first-order chi connectivity index (χ1) is 6.58. The van der Waals surface area contributed by atoms with Gasteiger partial charge in [0.15, 0.2) is 0 Å². The summed E-state index contributed by atoms with van der Waals surface area (Å²) < 4.78 is 30.3. The largest absolute Gasteiger partial charge is 0.378 e. The highest BCUT2D eigenvalue weighted by Gasteiger charge is 2.21. The molecule has 1 heterocycles. The van der Waals surface area contributed by atoms with Crippen LogP contribution in [0.2, 0.25) is 0 Å². The van der Waals surface area contributed by atoms with Crippen molar-refractivity contribution in [2.45, 2.75) is 44.6 Å². The lowest BCUT2D eigenvalue weighted by molar-refractivity contribution is -0.0360. The fourth-order valence-electron chi connectivity index (χ4n) is 1.56. The van der Waals surface area contributed by atoms with Crippen LogP contribution < -0.4 is 5.32 Å². The molecule has 0 spiro atoms. The molecular formula is C10H19F2NO. The van der Waals surface area contributed by atoms with Gasteiger partial charge in [0, 0.05) is 6.42 Å². The van der Waals surface area contributed by atoms with Gasteiger partial charge < -0.3 is 10.1 Å². The van der Waals surface area contributed by atoms with E-state index in [0.717, 1.165) is 39.3 Å². The molecule has 1 atom stereocenters. The maximum absolute atomic E-state index is 12.5. The van der Waals surface area contributed by atoms with Gasteiger partial charge in [-0.1, -0.05) is 0 Å². The molecule has 2 nitrogen and oxygen atoms in total. The third kappa shape index (κ3) is 5.50. The van der Waals surface area contributed by atoms with E-state index in [0.29, 0.717) is 0 Å². The fraction of sp³-hybridized carbons (Fsp3) is 1.00. The minimum absolute atomic E-state index is 0.170. The number of hydrogen-bond acceptors (Lipinski definition) is 2. The van der Waals surface area contributed by atoms with Gasteiger partial charge in [0.05, 0.1) is 12.7 Å². The first-order valence-corrected chi connectivity index (χ1v) is 5.28. The molecule has 84 valence electrons. The van der Waals surface area contributed by atoms with Crippen LogP contribution in [0.4, 0.5) is 8.78 Å². The average molecular weight is 207 g/mol. The SMILES string of the molecule is CC(F)(F)CCOC1CCCNCC1. The van der Waals surface area contributed by atoms with Crippen LogP contribution in [0, 0.1) is 0 Å². The third-order valence-corrected chi connectivity index (χ3v) is 2.42. The summed E-state index contributed by atoms with van der Waals surface area (Å²) in [6.07, 6.45) is 3.01. The van der Waals surface area contributed by atoms with E-state index >= 15 is 0 Å². The minimum Gasteiger partial charge on any atom is -0.378 e. The van der Waals surface area contributed by atoms with Crippen LogP contribution in [-0.4, -0.2) is 31.7 Å². The number of rotatable bonds is 4. The Morgan fingerprint density at radius 2 is 2.14 bits per heavy atom. The molecule has 0 radical (unpaired) electrons. The lowest BCUT2D eigenvalue weighted by atomic mass is 10.1. The molecule has 0 saturated carbocycles. The Kier molecular flexibility index (Phi) is 4.75. The lowest BCUT2D eigenvalue weighted by Gasteiger charge is -2.16. The van der Waals surface area contributed by atoms with E-state index in [1.54, 1.807) is 0 Å². The Morgan fingerprint density at radius 3 is 2.86 bits per heavy atom. The zero-order valence-electron chi connectivity index (χ0n) is 8.69. The molecule has 0 aromatic heterocycles. The predicted octanol–water partition coefficient (Wildman–Crippen LogP) is 2.19. The Morgan fingerprint density at radius 1 is 1.36 bits per heavy atom. The maximum Gasteiger partial charge on any atom is 0.247 e. The zero-order chi connectivity index (χ0) is 10.4. The quantitative estimate of drug-likeness (QED) is 0.763. The van der Waals surface area contributed by atoms with E-state index in [9.17, 15) is 8.78 Å². The zero-order valence-corrected chi connectivity index (χ0v) is 8.69. The van der Waals surface area contributed by atoms with Gasteiger partial charge in [-0.2, -0.15) is 0 Å². The fourth-order valence-corrected chi connectivity index (χ4v) is 1.56. The molecule has 1 rings (SSSR count). The molecule has 1 aliphatic rings. The molecule has 0 amide bonds. The second-order valence-corrected chi connectivity index (χ2v) is 3.99. The summed E-state index contributed by atoms with van der Waals surface area (Å²) in [7, 11) is 0. The van der Waals surface area contributed by atoms with Crippen molar-refractivity contribution in [2.75, 3.05) is 19.7 Å². The van der Waals surface area contributed by atoms with Gasteiger partial charge in [-0.25, -0.2) is 8.78 Å². The molecule has 1 fully saturated rings. The van der Waals surface area contributed by atoms with Crippen LogP contribution in [-0.2, 0) is 4.74 Å². The van der Waals surface area contributed by atoms with Gasteiger partial charge >= 0.3 is 0 Å². The van der Waals surface area contributed by atoms with Crippen molar-refractivity contribution in [2.24, 2.45) is 0 Å². The normalized spacial score (nSPS) is 24.6. The topological polar surface area (TPSA) is 21.3 Å². The summed E-state index contributed by atoms with van der Waals surface area (Å²) in [6.45, 7) is 3.07. The molecule has 0 aromatic rings. The molecule has 1 unspecified atom stereocenters. The summed E-state index contributed by atoms with van der Waals surface area (Å²) >= 11 is 0. The van der Waals surface area contributed by atoms with Gasteiger partial charge in [-0.05, 0) is 39.3 Å². The molecular weight excluding hydrogens is 188 g/mol. The summed E-state index contributed by atoms with van der Waals surface area (Å²) in [4.78, 5) is 0. The van der Waals surface area contributed by atoms with Gasteiger partial charge in [0.1, 0.15) is 0 Å². The highest BCUT2D eigenvalue weighted by Crippen LogP contribution is 2.18. The van der Waals surface area contributed by atoms with Gasteiger partial charge in [0.2, 0.25) is 5.92 Å². The van der Waals surface area contributed by atoms with E-state index in [4.69, 9.17) is 4.74 Å². The van der Waals surface area contributed by atoms with Crippen molar-refractivity contribution in [1.29, 1.82) is 0 Å². The van der Waals surface area contributed by atoms with E-state index in [1.807, 2.05) is 0 Å². The Bertz CT molecular complexity index is 151. The third-order valence-electron chi connectivity index (χ3n) is 2.42. The molecule has 0 aromatic carbocycles. The summed E-state index contributed by atoms with van der Waals surface area (Å²) in [6, 6.07) is 0. The first-order valence-electron chi connectivity index (χ1n) is 5.28.